The van der Waals surface area contributed by atoms with Gasteiger partial charge in [-0.15, -0.1) is 0 Å². The minimum Gasteiger partial charge on any atom is -0.379 e. The number of aromatic nitrogens is 6. The van der Waals surface area contributed by atoms with Crippen LogP contribution in [0.4, 0.5) is 46.5 Å². The number of ether oxygens (including phenoxy) is 1. The van der Waals surface area contributed by atoms with E-state index < -0.39 is 79.4 Å². The molecule has 4 aromatic rings. The smallest absolute Gasteiger partial charge is 0.379 e. The van der Waals surface area contributed by atoms with Crippen molar-refractivity contribution >= 4 is 17.2 Å². The van der Waals surface area contributed by atoms with E-state index >= 15 is 0 Å². The molecule has 57 heavy (non-hydrogen) atoms. The van der Waals surface area contributed by atoms with E-state index in [1.807, 2.05) is 0 Å². The maximum absolute atomic E-state index is 14.3. The molecule has 15 nitrogen and oxygen atoms in total. The van der Waals surface area contributed by atoms with Gasteiger partial charge in [-0.2, -0.15) is 36.5 Å². The average Bonchev–Trinajstić information content (AvgIpc) is 3.82. The second kappa shape index (κ2) is 16.6. The van der Waals surface area contributed by atoms with Crippen molar-refractivity contribution in [2.24, 2.45) is 0 Å². The molecule has 2 aliphatic carbocycles. The summed E-state index contributed by atoms with van der Waals surface area (Å²) < 4.78 is 114. The third-order valence-corrected chi connectivity index (χ3v) is 10.0. The molecule has 3 fully saturated rings. The standard InChI is InChI=1S/C19H21F4N5O3.C15H12F4N4O3/c20-14-5-6-16(19(21,22)23)24-17(14)18-15(28(29)30)11-27(25-18)13-3-1-12(2-4-13)26-7-9-31-10-8-26;16-10-5-6-12(15(17,18)19)20-13(10)14-11(23(25)26)7-22(21-14)8-1-3-9(24)4-2-8/h5-6,11-13H,1-4,7-10H2;5-8H,1-4H2. The van der Waals surface area contributed by atoms with Crippen molar-refractivity contribution in [2.75, 3.05) is 26.3 Å². The van der Waals surface area contributed by atoms with Crippen molar-refractivity contribution in [2.45, 2.75) is 81.8 Å². The van der Waals surface area contributed by atoms with Crippen molar-refractivity contribution < 1.29 is 54.5 Å². The number of morpholine rings is 1. The Morgan fingerprint density at radius 1 is 0.632 bits per heavy atom. The molecule has 3 aliphatic rings. The van der Waals surface area contributed by atoms with Gasteiger partial charge in [-0.1, -0.05) is 0 Å². The fraction of sp³-hybridized carbons (Fsp3) is 0.500. The van der Waals surface area contributed by atoms with Gasteiger partial charge in [0.1, 0.15) is 41.0 Å². The average molecular weight is 816 g/mol. The summed E-state index contributed by atoms with van der Waals surface area (Å²) in [5.41, 5.74) is -6.60. The lowest BCUT2D eigenvalue weighted by atomic mass is 9.90. The molecule has 0 spiro atoms. The van der Waals surface area contributed by atoms with Gasteiger partial charge in [0.15, 0.2) is 23.0 Å². The van der Waals surface area contributed by atoms with Crippen molar-refractivity contribution in [1.29, 1.82) is 0 Å². The number of pyridine rings is 2. The van der Waals surface area contributed by atoms with Crippen LogP contribution < -0.4 is 0 Å². The van der Waals surface area contributed by atoms with Crippen LogP contribution in [0.25, 0.3) is 22.8 Å². The normalized spacial score (nSPS) is 19.9. The Bertz CT molecular complexity index is 2120. The topological polar surface area (TPSA) is 177 Å². The van der Waals surface area contributed by atoms with E-state index in [0.717, 1.165) is 38.3 Å². The molecule has 1 saturated heterocycles. The summed E-state index contributed by atoms with van der Waals surface area (Å²) in [5, 5.41) is 30.8. The molecule has 5 heterocycles. The number of alkyl halides is 6. The first-order chi connectivity index (χ1) is 26.9. The van der Waals surface area contributed by atoms with Crippen LogP contribution in [0, 0.1) is 31.9 Å². The molecule has 0 unspecified atom stereocenters. The van der Waals surface area contributed by atoms with Crippen LogP contribution in [0.1, 0.15) is 74.8 Å². The van der Waals surface area contributed by atoms with Crippen molar-refractivity contribution in [1.82, 2.24) is 34.4 Å². The molecule has 2 saturated carbocycles. The van der Waals surface area contributed by atoms with Crippen LogP contribution in [-0.2, 0) is 21.9 Å². The summed E-state index contributed by atoms with van der Waals surface area (Å²) in [5.74, 6) is -2.18. The molecular weight excluding hydrogens is 782 g/mol. The molecule has 0 radical (unpaired) electrons. The molecule has 306 valence electrons. The summed E-state index contributed by atoms with van der Waals surface area (Å²) >= 11 is 0. The number of carbonyl (C=O) groups is 1. The van der Waals surface area contributed by atoms with Gasteiger partial charge in [0.05, 0.1) is 35.1 Å². The largest absolute Gasteiger partial charge is 0.433 e. The Morgan fingerprint density at radius 2 is 1.04 bits per heavy atom. The van der Waals surface area contributed by atoms with Gasteiger partial charge in [0.25, 0.3) is 0 Å². The molecule has 0 aromatic carbocycles. The van der Waals surface area contributed by atoms with E-state index in [0.29, 0.717) is 69.2 Å². The van der Waals surface area contributed by atoms with Gasteiger partial charge in [-0.3, -0.25) is 39.3 Å². The third kappa shape index (κ3) is 9.41. The van der Waals surface area contributed by atoms with E-state index in [2.05, 4.69) is 25.1 Å². The Kier molecular flexibility index (Phi) is 12.0. The van der Waals surface area contributed by atoms with Gasteiger partial charge < -0.3 is 4.74 Å². The Labute approximate surface area is 316 Å². The Balaban J connectivity index is 0.000000196. The predicted molar refractivity (Wildman–Crippen MR) is 180 cm³/mol. The third-order valence-electron chi connectivity index (χ3n) is 10.0. The first-order valence-electron chi connectivity index (χ1n) is 17.7. The number of nitro groups is 2. The van der Waals surface area contributed by atoms with E-state index in [4.69, 9.17) is 4.74 Å². The quantitative estimate of drug-likeness (QED) is 0.102. The zero-order chi connectivity index (χ0) is 41.2. The molecule has 0 amide bonds. The number of Topliss-reactive ketones (excluding diaryl/α,β-unsaturated/α-hetero) is 1. The number of hydrogen-bond acceptors (Lipinski definition) is 11. The second-order valence-corrected chi connectivity index (χ2v) is 13.6. The van der Waals surface area contributed by atoms with Crippen LogP contribution in [0.2, 0.25) is 0 Å². The number of ketones is 1. The first-order valence-corrected chi connectivity index (χ1v) is 17.7. The Morgan fingerprint density at radius 3 is 1.44 bits per heavy atom. The molecule has 0 N–H and O–H groups in total. The number of hydrogen-bond donors (Lipinski definition) is 0. The molecule has 0 atom stereocenters. The summed E-state index contributed by atoms with van der Waals surface area (Å²) in [6.45, 7) is 3.13. The summed E-state index contributed by atoms with van der Waals surface area (Å²) in [7, 11) is 0. The van der Waals surface area contributed by atoms with Crippen LogP contribution in [0.3, 0.4) is 0 Å². The van der Waals surface area contributed by atoms with Gasteiger partial charge in [-0.05, 0) is 62.8 Å². The highest BCUT2D eigenvalue weighted by atomic mass is 19.4. The number of carbonyl (C=O) groups excluding carboxylic acids is 1. The highest BCUT2D eigenvalue weighted by Gasteiger charge is 2.37. The van der Waals surface area contributed by atoms with E-state index in [9.17, 15) is 60.1 Å². The van der Waals surface area contributed by atoms with Crippen molar-refractivity contribution in [3.8, 4) is 22.8 Å². The molecule has 23 heteroatoms. The molecule has 7 rings (SSSR count). The molecule has 1 aliphatic heterocycles. The maximum atomic E-state index is 14.3. The zero-order valence-electron chi connectivity index (χ0n) is 29.7. The molecule has 0 bridgehead atoms. The second-order valence-electron chi connectivity index (χ2n) is 13.6. The fourth-order valence-corrected chi connectivity index (χ4v) is 7.09. The Hall–Kier alpha value is -5.45. The van der Waals surface area contributed by atoms with Crippen LogP contribution >= 0.6 is 0 Å². The number of rotatable bonds is 7. The van der Waals surface area contributed by atoms with Crippen LogP contribution in [0.5, 0.6) is 0 Å². The van der Waals surface area contributed by atoms with Crippen LogP contribution in [-0.4, -0.2) is 82.4 Å². The van der Waals surface area contributed by atoms with Crippen molar-refractivity contribution in [3.05, 3.63) is 79.9 Å². The SMILES string of the molecule is O=C1CCC(n2cc([N+](=O)[O-])c(-c3nc(C(F)(F)F)ccc3F)n2)CC1.O=[N+]([O-])c1cn(C2CCC(N3CCOCC3)CC2)nc1-c1nc(C(F)(F)F)ccc1F. The van der Waals surface area contributed by atoms with E-state index in [1.165, 1.54) is 9.36 Å². The van der Waals surface area contributed by atoms with E-state index in [-0.39, 0.29) is 30.7 Å². The van der Waals surface area contributed by atoms with Gasteiger partial charge >= 0.3 is 23.7 Å². The first kappa shape index (κ1) is 41.2. The number of halogens is 8. The minimum absolute atomic E-state index is 0.0636. The summed E-state index contributed by atoms with van der Waals surface area (Å²) in [6.07, 6.45) is -2.93. The lowest BCUT2D eigenvalue weighted by Crippen LogP contribution is -2.45. The monoisotopic (exact) mass is 815 g/mol. The summed E-state index contributed by atoms with van der Waals surface area (Å²) in [6, 6.07) is 2.01. The lowest BCUT2D eigenvalue weighted by Gasteiger charge is -2.38. The highest BCUT2D eigenvalue weighted by Crippen LogP contribution is 2.38. The van der Waals surface area contributed by atoms with Gasteiger partial charge in [0, 0.05) is 32.0 Å². The van der Waals surface area contributed by atoms with Crippen molar-refractivity contribution in [3.63, 3.8) is 0 Å². The highest BCUT2D eigenvalue weighted by molar-refractivity contribution is 5.79. The fourth-order valence-electron chi connectivity index (χ4n) is 7.09. The molecule has 4 aromatic heterocycles. The zero-order valence-corrected chi connectivity index (χ0v) is 29.7. The maximum Gasteiger partial charge on any atom is 0.433 e. The predicted octanol–water partition coefficient (Wildman–Crippen LogP) is 7.52. The molecular formula is C34H33F8N9O6. The van der Waals surface area contributed by atoms with Crippen LogP contribution in [0.15, 0.2) is 36.7 Å². The number of nitrogens with zero attached hydrogens (tertiary/aromatic N) is 9. The minimum atomic E-state index is -4.83. The van der Waals surface area contributed by atoms with Gasteiger partial charge in [-0.25, -0.2) is 18.7 Å². The van der Waals surface area contributed by atoms with E-state index in [1.54, 1.807) is 0 Å². The lowest BCUT2D eigenvalue weighted by molar-refractivity contribution is -0.384. The summed E-state index contributed by atoms with van der Waals surface area (Å²) in [4.78, 5) is 41.3. The van der Waals surface area contributed by atoms with Gasteiger partial charge in [0.2, 0.25) is 0 Å².